The lowest BCUT2D eigenvalue weighted by Gasteiger charge is -2.09. The van der Waals surface area contributed by atoms with E-state index >= 15 is 0 Å². The third-order valence-electron chi connectivity index (χ3n) is 1.98. The zero-order chi connectivity index (χ0) is 14.1. The molecule has 0 fully saturated rings. The molecule has 0 aliphatic rings. The number of carbonyl (C=O) groups is 2. The minimum Gasteiger partial charge on any atom is -0.473 e. The van der Waals surface area contributed by atoms with Gasteiger partial charge in [0.2, 0.25) is 0 Å². The van der Waals surface area contributed by atoms with Gasteiger partial charge >= 0.3 is 12.0 Å². The number of hydrogen-bond donors (Lipinski definition) is 2. The maximum atomic E-state index is 11.3. The molecule has 0 heterocycles. The summed E-state index contributed by atoms with van der Waals surface area (Å²) in [6.07, 6.45) is 0. The van der Waals surface area contributed by atoms with Crippen LogP contribution in [0.2, 0.25) is 5.02 Å². The van der Waals surface area contributed by atoms with Crippen molar-refractivity contribution >= 4 is 23.6 Å². The van der Waals surface area contributed by atoms with Gasteiger partial charge < -0.3 is 20.1 Å². The first kappa shape index (κ1) is 15.1. The molecule has 2 amide bonds. The van der Waals surface area contributed by atoms with Gasteiger partial charge in [-0.05, 0) is 31.2 Å². The van der Waals surface area contributed by atoms with Gasteiger partial charge in [0.25, 0.3) is 0 Å². The van der Waals surface area contributed by atoms with Crippen molar-refractivity contribution < 1.29 is 19.1 Å². The van der Waals surface area contributed by atoms with Gasteiger partial charge in [-0.3, -0.25) is 4.79 Å². The Labute approximate surface area is 116 Å². The molecule has 0 spiro atoms. The lowest BCUT2D eigenvalue weighted by Crippen LogP contribution is -2.40. The molecule has 0 aliphatic heterocycles. The highest BCUT2D eigenvalue weighted by molar-refractivity contribution is 6.30. The van der Waals surface area contributed by atoms with Crippen LogP contribution in [-0.2, 0) is 9.53 Å². The molecule has 7 heteroatoms. The van der Waals surface area contributed by atoms with Crippen molar-refractivity contribution in [3.8, 4) is 5.75 Å². The highest BCUT2D eigenvalue weighted by Crippen LogP contribution is 2.14. The second-order valence-corrected chi connectivity index (χ2v) is 3.84. The van der Waals surface area contributed by atoms with Crippen molar-refractivity contribution in [2.75, 3.05) is 19.9 Å². The van der Waals surface area contributed by atoms with Gasteiger partial charge in [0.15, 0.2) is 6.73 Å². The molecule has 1 aromatic carbocycles. The van der Waals surface area contributed by atoms with Crippen LogP contribution in [0.5, 0.6) is 5.75 Å². The normalized spacial score (nSPS) is 9.58. The molecular formula is C12H15ClN2O4. The Hall–Kier alpha value is -1.95. The van der Waals surface area contributed by atoms with Crippen LogP contribution in [0.1, 0.15) is 6.92 Å². The number of carbonyl (C=O) groups excluding carboxylic acids is 2. The molecule has 1 aromatic rings. The van der Waals surface area contributed by atoms with Crippen LogP contribution in [0.4, 0.5) is 4.79 Å². The zero-order valence-corrected chi connectivity index (χ0v) is 11.2. The first-order chi connectivity index (χ1) is 9.11. The van der Waals surface area contributed by atoms with Crippen LogP contribution < -0.4 is 15.4 Å². The van der Waals surface area contributed by atoms with Gasteiger partial charge in [0, 0.05) is 5.02 Å². The van der Waals surface area contributed by atoms with Crippen molar-refractivity contribution in [3.63, 3.8) is 0 Å². The average Bonchev–Trinajstić information content (AvgIpc) is 2.39. The van der Waals surface area contributed by atoms with Gasteiger partial charge in [-0.1, -0.05) is 11.6 Å². The maximum Gasteiger partial charge on any atom is 0.325 e. The quantitative estimate of drug-likeness (QED) is 0.614. The Bertz CT molecular complexity index is 422. The van der Waals surface area contributed by atoms with Gasteiger partial charge in [-0.15, -0.1) is 0 Å². The van der Waals surface area contributed by atoms with Crippen molar-refractivity contribution in [1.82, 2.24) is 10.6 Å². The Morgan fingerprint density at radius 2 is 1.89 bits per heavy atom. The summed E-state index contributed by atoms with van der Waals surface area (Å²) in [5.41, 5.74) is 0. The minimum absolute atomic E-state index is 0.0176. The summed E-state index contributed by atoms with van der Waals surface area (Å²) in [6.45, 7) is 1.77. The number of halogens is 1. The van der Waals surface area contributed by atoms with Crippen molar-refractivity contribution in [1.29, 1.82) is 0 Å². The van der Waals surface area contributed by atoms with E-state index in [1.807, 2.05) is 0 Å². The van der Waals surface area contributed by atoms with E-state index < -0.39 is 12.0 Å². The highest BCUT2D eigenvalue weighted by atomic mass is 35.5. The smallest absolute Gasteiger partial charge is 0.325 e. The third kappa shape index (κ3) is 6.52. The Morgan fingerprint density at radius 3 is 2.53 bits per heavy atom. The number of urea groups is 1. The van der Waals surface area contributed by atoms with E-state index in [9.17, 15) is 9.59 Å². The van der Waals surface area contributed by atoms with E-state index in [-0.39, 0.29) is 19.9 Å². The van der Waals surface area contributed by atoms with E-state index in [1.54, 1.807) is 31.2 Å². The number of hydrogen-bond acceptors (Lipinski definition) is 4. The third-order valence-corrected chi connectivity index (χ3v) is 2.24. The molecule has 104 valence electrons. The number of amides is 2. The molecule has 0 bridgehead atoms. The monoisotopic (exact) mass is 286 g/mol. The zero-order valence-electron chi connectivity index (χ0n) is 10.4. The molecule has 0 atom stereocenters. The Kier molecular flexibility index (Phi) is 6.52. The fraction of sp³-hybridized carbons (Fsp3) is 0.333. The van der Waals surface area contributed by atoms with E-state index in [1.165, 1.54) is 0 Å². The molecule has 19 heavy (non-hydrogen) atoms. The number of rotatable bonds is 6. The highest BCUT2D eigenvalue weighted by Gasteiger charge is 2.04. The molecule has 0 unspecified atom stereocenters. The summed E-state index contributed by atoms with van der Waals surface area (Å²) in [5, 5.41) is 5.37. The van der Waals surface area contributed by atoms with Crippen LogP contribution in [-0.4, -0.2) is 31.9 Å². The molecule has 0 saturated heterocycles. The summed E-state index contributed by atoms with van der Waals surface area (Å²) in [4.78, 5) is 22.2. The average molecular weight is 287 g/mol. The lowest BCUT2D eigenvalue weighted by molar-refractivity contribution is -0.141. The molecule has 0 aromatic heterocycles. The number of benzene rings is 1. The van der Waals surface area contributed by atoms with Crippen LogP contribution >= 0.6 is 11.6 Å². The van der Waals surface area contributed by atoms with Gasteiger partial charge in [0.1, 0.15) is 12.3 Å². The summed E-state index contributed by atoms with van der Waals surface area (Å²) in [5.74, 6) is 0.0892. The topological polar surface area (TPSA) is 76.7 Å². The maximum absolute atomic E-state index is 11.3. The van der Waals surface area contributed by atoms with Gasteiger partial charge in [-0.2, -0.15) is 0 Å². The molecule has 1 rings (SSSR count). The first-order valence-electron chi connectivity index (χ1n) is 5.67. The van der Waals surface area contributed by atoms with Crippen molar-refractivity contribution in [2.24, 2.45) is 0 Å². The number of ether oxygens (including phenoxy) is 2. The van der Waals surface area contributed by atoms with E-state index in [4.69, 9.17) is 16.3 Å². The van der Waals surface area contributed by atoms with Gasteiger partial charge in [-0.25, -0.2) is 4.79 Å². The number of nitrogens with one attached hydrogen (secondary N) is 2. The molecular weight excluding hydrogens is 272 g/mol. The standard InChI is InChI=1S/C12H15ClN2O4/c1-2-18-11(16)7-14-12(17)15-8-19-10-5-3-9(13)4-6-10/h3-6H,2,7-8H2,1H3,(H2,14,15,17). The number of esters is 1. The second kappa shape index (κ2) is 8.20. The van der Waals surface area contributed by atoms with Crippen LogP contribution in [0.25, 0.3) is 0 Å². The second-order valence-electron chi connectivity index (χ2n) is 3.41. The van der Waals surface area contributed by atoms with E-state index in [0.29, 0.717) is 10.8 Å². The summed E-state index contributed by atoms with van der Waals surface area (Å²) < 4.78 is 9.89. The Balaban J connectivity index is 2.16. The van der Waals surface area contributed by atoms with Crippen LogP contribution in [0, 0.1) is 0 Å². The molecule has 0 radical (unpaired) electrons. The largest absolute Gasteiger partial charge is 0.473 e. The first-order valence-corrected chi connectivity index (χ1v) is 6.05. The molecule has 0 aliphatic carbocycles. The fourth-order valence-corrected chi connectivity index (χ4v) is 1.27. The predicted molar refractivity (Wildman–Crippen MR) is 70.1 cm³/mol. The predicted octanol–water partition coefficient (Wildman–Crippen LogP) is 1.54. The lowest BCUT2D eigenvalue weighted by atomic mass is 10.3. The Morgan fingerprint density at radius 1 is 1.21 bits per heavy atom. The van der Waals surface area contributed by atoms with Crippen LogP contribution in [0.3, 0.4) is 0 Å². The van der Waals surface area contributed by atoms with E-state index in [0.717, 1.165) is 0 Å². The SMILES string of the molecule is CCOC(=O)CNC(=O)NCOc1ccc(Cl)cc1. The molecule has 0 saturated carbocycles. The van der Waals surface area contributed by atoms with Gasteiger partial charge in [0.05, 0.1) is 6.61 Å². The van der Waals surface area contributed by atoms with Crippen LogP contribution in [0.15, 0.2) is 24.3 Å². The minimum atomic E-state index is -0.512. The summed E-state index contributed by atoms with van der Waals surface area (Å²) in [6, 6.07) is 6.21. The van der Waals surface area contributed by atoms with Crippen molar-refractivity contribution in [2.45, 2.75) is 6.92 Å². The van der Waals surface area contributed by atoms with Crippen molar-refractivity contribution in [3.05, 3.63) is 29.3 Å². The summed E-state index contributed by atoms with van der Waals surface area (Å²) >= 11 is 5.71. The fourth-order valence-electron chi connectivity index (χ4n) is 1.14. The molecule has 2 N–H and O–H groups in total. The molecule has 6 nitrogen and oxygen atoms in total. The van der Waals surface area contributed by atoms with E-state index in [2.05, 4.69) is 15.4 Å². The summed E-state index contributed by atoms with van der Waals surface area (Å²) in [7, 11) is 0.